The van der Waals surface area contributed by atoms with E-state index in [9.17, 15) is 0 Å². The fourth-order valence-corrected chi connectivity index (χ4v) is 5.89. The molecule has 3 aromatic rings. The monoisotopic (exact) mass is 693 g/mol. The van der Waals surface area contributed by atoms with Crippen LogP contribution in [0.1, 0.15) is 69.2 Å². The Morgan fingerprint density at radius 2 is 1.41 bits per heavy atom. The van der Waals surface area contributed by atoms with Crippen LogP contribution in [0.2, 0.25) is 0 Å². The molecular formula is C45H68N6. The number of nitrogens with one attached hydrogen (secondary N) is 3. The van der Waals surface area contributed by atoms with Crippen LogP contribution in [0.5, 0.6) is 0 Å². The minimum absolute atomic E-state index is 0.0125. The lowest BCUT2D eigenvalue weighted by Gasteiger charge is -2.31. The molecule has 6 heteroatoms. The van der Waals surface area contributed by atoms with Gasteiger partial charge < -0.3 is 33.2 Å². The van der Waals surface area contributed by atoms with Crippen molar-refractivity contribution in [3.8, 4) is 11.1 Å². The lowest BCUT2D eigenvalue weighted by Crippen LogP contribution is -2.41. The first kappa shape index (κ1) is 44.3. The molecule has 6 nitrogen and oxygen atoms in total. The summed E-state index contributed by atoms with van der Waals surface area (Å²) in [5.74, 6) is 0.740. The van der Waals surface area contributed by atoms with Gasteiger partial charge >= 0.3 is 0 Å². The zero-order valence-corrected chi connectivity index (χ0v) is 32.5. The Morgan fingerprint density at radius 1 is 0.882 bits per heavy atom. The summed E-state index contributed by atoms with van der Waals surface area (Å²) in [4.78, 5) is 0. The van der Waals surface area contributed by atoms with Gasteiger partial charge in [0.25, 0.3) is 0 Å². The topological polar surface area (TPSA) is 114 Å². The van der Waals surface area contributed by atoms with Gasteiger partial charge in [0, 0.05) is 28.7 Å². The van der Waals surface area contributed by atoms with Crippen molar-refractivity contribution in [2.75, 3.05) is 19.6 Å². The molecule has 9 N–H and O–H groups in total. The van der Waals surface area contributed by atoms with E-state index in [1.54, 1.807) is 0 Å². The lowest BCUT2D eigenvalue weighted by molar-refractivity contribution is 0.352. The van der Waals surface area contributed by atoms with Crippen LogP contribution in [0.4, 0.5) is 0 Å². The van der Waals surface area contributed by atoms with Crippen LogP contribution in [-0.2, 0) is 12.8 Å². The van der Waals surface area contributed by atoms with Crippen molar-refractivity contribution < 1.29 is 0 Å². The van der Waals surface area contributed by atoms with Gasteiger partial charge in [0.2, 0.25) is 0 Å². The van der Waals surface area contributed by atoms with Gasteiger partial charge in [-0.2, -0.15) is 0 Å². The second-order valence-electron chi connectivity index (χ2n) is 13.0. The SMILES string of the molecule is C=C(N)CN/C(=C\CC)CNC(=C)C1Cc2cccc(c2)-c2cccc(c2)CC(C)[C@@H](CCCN)C(=C)N1.C=CN.CC.Cc1ccc(C)cc1. The Labute approximate surface area is 311 Å². The van der Waals surface area contributed by atoms with Crippen molar-refractivity contribution in [3.05, 3.63) is 156 Å². The van der Waals surface area contributed by atoms with Gasteiger partial charge in [-0.3, -0.25) is 0 Å². The van der Waals surface area contributed by atoms with Crippen molar-refractivity contribution in [2.45, 2.75) is 79.7 Å². The highest BCUT2D eigenvalue weighted by Crippen LogP contribution is 2.30. The Hall–Kier alpha value is -4.68. The molecule has 0 aliphatic carbocycles. The Bertz CT molecular complexity index is 1480. The smallest absolute Gasteiger partial charge is 0.0691 e. The average molecular weight is 693 g/mol. The van der Waals surface area contributed by atoms with Crippen molar-refractivity contribution in [1.29, 1.82) is 0 Å². The summed E-state index contributed by atoms with van der Waals surface area (Å²) >= 11 is 0. The fourth-order valence-electron chi connectivity index (χ4n) is 5.89. The first-order valence-electron chi connectivity index (χ1n) is 18.5. The first-order chi connectivity index (χ1) is 24.5. The highest BCUT2D eigenvalue weighted by atomic mass is 15.0. The van der Waals surface area contributed by atoms with Crippen LogP contribution >= 0.6 is 0 Å². The Balaban J connectivity index is 0.000000848. The molecule has 0 saturated heterocycles. The lowest BCUT2D eigenvalue weighted by atomic mass is 9.82. The molecule has 0 fully saturated rings. The maximum Gasteiger partial charge on any atom is 0.0691 e. The van der Waals surface area contributed by atoms with Gasteiger partial charge in [-0.15, -0.1) is 0 Å². The molecule has 0 saturated carbocycles. The molecule has 4 bridgehead atoms. The van der Waals surface area contributed by atoms with E-state index in [4.69, 9.17) is 11.5 Å². The molecule has 0 amide bonds. The van der Waals surface area contributed by atoms with E-state index in [1.165, 1.54) is 39.6 Å². The number of hydrogen-bond donors (Lipinski definition) is 6. The molecule has 51 heavy (non-hydrogen) atoms. The molecule has 278 valence electrons. The van der Waals surface area contributed by atoms with E-state index in [0.717, 1.165) is 49.2 Å². The molecule has 1 aliphatic heterocycles. The summed E-state index contributed by atoms with van der Waals surface area (Å²) in [6, 6.07) is 26.3. The zero-order chi connectivity index (χ0) is 38.2. The van der Waals surface area contributed by atoms with Gasteiger partial charge in [0.1, 0.15) is 0 Å². The largest absolute Gasteiger partial charge is 0.405 e. The van der Waals surface area contributed by atoms with Crippen LogP contribution in [0.15, 0.2) is 134 Å². The van der Waals surface area contributed by atoms with E-state index in [0.29, 0.717) is 37.2 Å². The van der Waals surface area contributed by atoms with Crippen LogP contribution in [0.3, 0.4) is 0 Å². The quantitative estimate of drug-likeness (QED) is 0.120. The van der Waals surface area contributed by atoms with Gasteiger partial charge in [-0.25, -0.2) is 0 Å². The molecule has 3 atom stereocenters. The summed E-state index contributed by atoms with van der Waals surface area (Å²) in [6.07, 6.45) is 8.14. The first-order valence-corrected chi connectivity index (χ1v) is 18.5. The molecule has 4 rings (SSSR count). The van der Waals surface area contributed by atoms with Crippen molar-refractivity contribution >= 4 is 0 Å². The second kappa shape index (κ2) is 25.3. The van der Waals surface area contributed by atoms with Crippen molar-refractivity contribution in [2.24, 2.45) is 29.0 Å². The highest BCUT2D eigenvalue weighted by molar-refractivity contribution is 5.65. The van der Waals surface area contributed by atoms with Crippen LogP contribution < -0.4 is 33.2 Å². The van der Waals surface area contributed by atoms with Crippen molar-refractivity contribution in [3.63, 3.8) is 0 Å². The third kappa shape index (κ3) is 17.2. The van der Waals surface area contributed by atoms with E-state index in [-0.39, 0.29) is 6.04 Å². The van der Waals surface area contributed by atoms with Gasteiger partial charge in [0.05, 0.1) is 19.1 Å². The normalized spacial score (nSPS) is 16.6. The predicted molar refractivity (Wildman–Crippen MR) is 225 cm³/mol. The number of fused-ring (bicyclic) bond motifs is 5. The number of hydrogen-bond acceptors (Lipinski definition) is 6. The van der Waals surface area contributed by atoms with E-state index in [1.807, 2.05) is 13.8 Å². The van der Waals surface area contributed by atoms with Gasteiger partial charge in [-0.05, 0) is 86.9 Å². The number of benzene rings is 3. The maximum atomic E-state index is 5.93. The van der Waals surface area contributed by atoms with Gasteiger partial charge in [-0.1, -0.05) is 144 Å². The minimum Gasteiger partial charge on any atom is -0.405 e. The minimum atomic E-state index is -0.0125. The molecule has 1 heterocycles. The maximum absolute atomic E-state index is 5.93. The number of aryl methyl sites for hydroxylation is 2. The molecule has 0 aromatic heterocycles. The summed E-state index contributed by atoms with van der Waals surface area (Å²) in [6.45, 7) is 30.5. The van der Waals surface area contributed by atoms with Gasteiger partial charge in [0.15, 0.2) is 0 Å². The molecule has 2 unspecified atom stereocenters. The van der Waals surface area contributed by atoms with Crippen LogP contribution in [0.25, 0.3) is 11.1 Å². The molecule has 1 aliphatic rings. The third-order valence-corrected chi connectivity index (χ3v) is 8.54. The number of rotatable bonds is 11. The number of nitrogens with two attached hydrogens (primary N) is 3. The molecule has 0 radical (unpaired) electrons. The van der Waals surface area contributed by atoms with E-state index >= 15 is 0 Å². The third-order valence-electron chi connectivity index (χ3n) is 8.54. The summed E-state index contributed by atoms with van der Waals surface area (Å²) < 4.78 is 0. The second-order valence-corrected chi connectivity index (χ2v) is 13.0. The summed E-state index contributed by atoms with van der Waals surface area (Å²) in [7, 11) is 0. The highest BCUT2D eigenvalue weighted by Gasteiger charge is 2.24. The number of allylic oxidation sites excluding steroid dienone is 2. The fraction of sp³-hybridized carbons (Fsp3) is 0.378. The summed E-state index contributed by atoms with van der Waals surface area (Å²) in [5, 5.41) is 10.7. The molecule has 0 spiro atoms. The summed E-state index contributed by atoms with van der Waals surface area (Å²) in [5.41, 5.74) is 27.8. The molecule has 3 aromatic carbocycles. The van der Waals surface area contributed by atoms with E-state index < -0.39 is 0 Å². The van der Waals surface area contributed by atoms with Crippen LogP contribution in [-0.4, -0.2) is 25.7 Å². The van der Waals surface area contributed by atoms with E-state index in [2.05, 4.69) is 155 Å². The Morgan fingerprint density at radius 3 is 1.90 bits per heavy atom. The predicted octanol–water partition coefficient (Wildman–Crippen LogP) is 8.79. The average Bonchev–Trinajstić information content (AvgIpc) is 3.12. The zero-order valence-electron chi connectivity index (χ0n) is 32.5. The van der Waals surface area contributed by atoms with Crippen LogP contribution in [0, 0.1) is 25.7 Å². The molecular weight excluding hydrogens is 625 g/mol. The Kier molecular flexibility index (Phi) is 22.0. The standard InChI is InChI=1S/C33H47N5.C8H10.C2H5N.C2H6/c1-6-10-31(37-21-24(3)35)22-36-26(5)33-20-28-12-8-14-30(19-28)29-13-7-11-27(18-29)17-23(2)32(15-9-16-34)25(4)38-33;1-7-3-5-8(2)6-4-7;1-2-3;1-2/h7-8,10-14,18-19,23,32-33,36-38H,3-6,9,15-17,20-22,34-35H2,1-2H3;3-6H,1-2H3;2H,1,3H2;1-2H3/b31-10-;;;/t23?,32-,33?;;;/m1.../s1. The van der Waals surface area contributed by atoms with Crippen molar-refractivity contribution in [1.82, 2.24) is 16.0 Å².